The third kappa shape index (κ3) is 4.30. The summed E-state index contributed by atoms with van der Waals surface area (Å²) in [6, 6.07) is 8.30. The van der Waals surface area contributed by atoms with Crippen LogP contribution in [0.1, 0.15) is 21.5 Å². The first-order chi connectivity index (χ1) is 13.9. The van der Waals surface area contributed by atoms with E-state index in [1.807, 2.05) is 0 Å². The fraction of sp³-hybridized carbons (Fsp3) is 0.250. The lowest BCUT2D eigenvalue weighted by Crippen LogP contribution is -2.23. The van der Waals surface area contributed by atoms with Crippen molar-refractivity contribution in [3.8, 4) is 23.0 Å². The van der Waals surface area contributed by atoms with Gasteiger partial charge in [0.25, 0.3) is 0 Å². The Morgan fingerprint density at radius 2 is 1.41 bits per heavy atom. The number of methoxy groups -OCH3 is 5. The molecule has 2 aromatic rings. The standard InChI is InChI=1S/C20H25N3O6/c1-25-14-7-6-11(8-13(14)20(24)29-5)18(23-22)17(21)12-9-15(26-2)19(28-4)16(10-12)27-3/h6-10,23H,21-22H2,1-5H3. The van der Waals surface area contributed by atoms with Gasteiger partial charge in [0.1, 0.15) is 11.3 Å². The first-order valence-corrected chi connectivity index (χ1v) is 8.49. The van der Waals surface area contributed by atoms with Gasteiger partial charge in [0.15, 0.2) is 11.5 Å². The van der Waals surface area contributed by atoms with Crippen molar-refractivity contribution in [3.05, 3.63) is 47.0 Å². The van der Waals surface area contributed by atoms with Crippen molar-refractivity contribution in [2.24, 2.45) is 11.6 Å². The molecular weight excluding hydrogens is 378 g/mol. The zero-order chi connectivity index (χ0) is 21.6. The number of carbonyl (C=O) groups excluding carboxylic acids is 1. The number of esters is 1. The minimum atomic E-state index is -0.550. The van der Waals surface area contributed by atoms with E-state index in [0.29, 0.717) is 45.5 Å². The largest absolute Gasteiger partial charge is 0.496 e. The number of hydrogen-bond donors (Lipinski definition) is 3. The fourth-order valence-electron chi connectivity index (χ4n) is 2.83. The summed E-state index contributed by atoms with van der Waals surface area (Å²) in [7, 11) is 7.28. The minimum Gasteiger partial charge on any atom is -0.496 e. The summed E-state index contributed by atoms with van der Waals surface area (Å²) in [6.07, 6.45) is 0. The van der Waals surface area contributed by atoms with Crippen molar-refractivity contribution < 1.29 is 28.5 Å². The van der Waals surface area contributed by atoms with Gasteiger partial charge in [-0.2, -0.15) is 0 Å². The van der Waals surface area contributed by atoms with Crippen LogP contribution in [0.2, 0.25) is 0 Å². The van der Waals surface area contributed by atoms with Crippen LogP contribution >= 0.6 is 0 Å². The Bertz CT molecular complexity index is 901. The van der Waals surface area contributed by atoms with Gasteiger partial charge in [-0.3, -0.25) is 5.84 Å². The summed E-state index contributed by atoms with van der Waals surface area (Å²) in [5, 5.41) is 0. The molecule has 0 fully saturated rings. The smallest absolute Gasteiger partial charge is 0.341 e. The predicted molar refractivity (Wildman–Crippen MR) is 109 cm³/mol. The van der Waals surface area contributed by atoms with E-state index in [-0.39, 0.29) is 5.56 Å². The Labute approximate surface area is 169 Å². The quantitative estimate of drug-likeness (QED) is 0.261. The molecule has 0 aliphatic carbocycles. The molecule has 9 nitrogen and oxygen atoms in total. The van der Waals surface area contributed by atoms with Crippen molar-refractivity contribution in [1.29, 1.82) is 0 Å². The van der Waals surface area contributed by atoms with Gasteiger partial charge in [0, 0.05) is 11.1 Å². The molecule has 29 heavy (non-hydrogen) atoms. The van der Waals surface area contributed by atoms with Crippen LogP contribution in [0.25, 0.3) is 11.4 Å². The second-order valence-electron chi connectivity index (χ2n) is 5.75. The molecule has 0 bridgehead atoms. The molecule has 0 unspecified atom stereocenters. The molecule has 0 saturated heterocycles. The van der Waals surface area contributed by atoms with Crippen LogP contribution < -0.4 is 35.9 Å². The Kier molecular flexibility index (Phi) is 7.15. The third-order valence-electron chi connectivity index (χ3n) is 4.28. The molecule has 2 rings (SSSR count). The van der Waals surface area contributed by atoms with E-state index in [1.165, 1.54) is 35.5 Å². The highest BCUT2D eigenvalue weighted by molar-refractivity contribution is 5.95. The number of nitrogens with two attached hydrogens (primary N) is 2. The van der Waals surface area contributed by atoms with E-state index in [1.54, 1.807) is 30.3 Å². The van der Waals surface area contributed by atoms with Crippen LogP contribution in [0.4, 0.5) is 0 Å². The van der Waals surface area contributed by atoms with Gasteiger partial charge in [-0.1, -0.05) is 0 Å². The third-order valence-corrected chi connectivity index (χ3v) is 4.28. The average molecular weight is 403 g/mol. The molecule has 0 atom stereocenters. The second kappa shape index (κ2) is 9.56. The van der Waals surface area contributed by atoms with Crippen LogP contribution in [0.5, 0.6) is 23.0 Å². The van der Waals surface area contributed by atoms with Crippen LogP contribution in [-0.2, 0) is 4.74 Å². The Balaban J connectivity index is 2.67. The Hall–Kier alpha value is -3.59. The number of ether oxygens (including phenoxy) is 5. The highest BCUT2D eigenvalue weighted by Gasteiger charge is 2.19. The normalized spacial score (nSPS) is 11.2. The maximum atomic E-state index is 12.1. The molecule has 0 spiro atoms. The summed E-state index contributed by atoms with van der Waals surface area (Å²) in [5.74, 6) is 6.87. The molecule has 5 N–H and O–H groups in total. The highest BCUT2D eigenvalue weighted by Crippen LogP contribution is 2.40. The number of hydrazine groups is 1. The van der Waals surface area contributed by atoms with E-state index in [4.69, 9.17) is 35.3 Å². The van der Waals surface area contributed by atoms with Gasteiger partial charge >= 0.3 is 5.97 Å². The highest BCUT2D eigenvalue weighted by atomic mass is 16.5. The lowest BCUT2D eigenvalue weighted by molar-refractivity contribution is 0.0597. The molecule has 0 aliphatic rings. The van der Waals surface area contributed by atoms with Gasteiger partial charge < -0.3 is 34.8 Å². The molecule has 0 amide bonds. The maximum absolute atomic E-state index is 12.1. The number of hydrogen-bond acceptors (Lipinski definition) is 9. The Morgan fingerprint density at radius 3 is 1.86 bits per heavy atom. The predicted octanol–water partition coefficient (Wildman–Crippen LogP) is 1.76. The van der Waals surface area contributed by atoms with Gasteiger partial charge in [-0.25, -0.2) is 4.79 Å². The molecular formula is C20H25N3O6. The number of benzene rings is 2. The van der Waals surface area contributed by atoms with Crippen molar-refractivity contribution in [2.45, 2.75) is 0 Å². The van der Waals surface area contributed by atoms with Gasteiger partial charge in [-0.15, -0.1) is 0 Å². The summed E-state index contributed by atoms with van der Waals surface area (Å²) >= 11 is 0. The molecule has 156 valence electrons. The molecule has 0 radical (unpaired) electrons. The van der Waals surface area contributed by atoms with Crippen molar-refractivity contribution in [2.75, 3.05) is 35.5 Å². The van der Waals surface area contributed by atoms with Crippen molar-refractivity contribution >= 4 is 17.4 Å². The van der Waals surface area contributed by atoms with Gasteiger partial charge in [0.2, 0.25) is 5.75 Å². The van der Waals surface area contributed by atoms with Crippen LogP contribution in [0, 0.1) is 0 Å². The molecule has 9 heteroatoms. The fourth-order valence-corrected chi connectivity index (χ4v) is 2.83. The molecule has 0 aromatic heterocycles. The van der Waals surface area contributed by atoms with E-state index in [9.17, 15) is 4.79 Å². The topological polar surface area (TPSA) is 127 Å². The molecule has 2 aromatic carbocycles. The van der Waals surface area contributed by atoms with Crippen molar-refractivity contribution in [1.82, 2.24) is 5.43 Å². The number of rotatable bonds is 8. The van der Waals surface area contributed by atoms with E-state index in [2.05, 4.69) is 5.43 Å². The zero-order valence-corrected chi connectivity index (χ0v) is 17.0. The number of nitrogens with one attached hydrogen (secondary N) is 1. The summed E-state index contributed by atoms with van der Waals surface area (Å²) < 4.78 is 26.1. The minimum absolute atomic E-state index is 0.234. The second-order valence-corrected chi connectivity index (χ2v) is 5.75. The SMILES string of the molecule is COC(=O)c1cc(C(NN)=C(N)c2cc(OC)c(OC)c(OC)c2)ccc1OC. The van der Waals surface area contributed by atoms with Crippen molar-refractivity contribution in [3.63, 3.8) is 0 Å². The van der Waals surface area contributed by atoms with Gasteiger partial charge in [0.05, 0.1) is 46.9 Å². The van der Waals surface area contributed by atoms with Crippen LogP contribution in [0.3, 0.4) is 0 Å². The van der Waals surface area contributed by atoms with E-state index in [0.717, 1.165) is 0 Å². The molecule has 0 aliphatic heterocycles. The maximum Gasteiger partial charge on any atom is 0.341 e. The van der Waals surface area contributed by atoms with Crippen LogP contribution in [0.15, 0.2) is 30.3 Å². The Morgan fingerprint density at radius 1 is 0.828 bits per heavy atom. The lowest BCUT2D eigenvalue weighted by Gasteiger charge is -2.17. The monoisotopic (exact) mass is 403 g/mol. The first kappa shape index (κ1) is 21.7. The molecule has 0 saturated carbocycles. The van der Waals surface area contributed by atoms with Crippen LogP contribution in [-0.4, -0.2) is 41.5 Å². The summed E-state index contributed by atoms with van der Waals surface area (Å²) in [4.78, 5) is 12.1. The lowest BCUT2D eigenvalue weighted by atomic mass is 10.0. The average Bonchev–Trinajstić information content (AvgIpc) is 2.77. The van der Waals surface area contributed by atoms with Gasteiger partial charge in [-0.05, 0) is 30.3 Å². The van der Waals surface area contributed by atoms with E-state index < -0.39 is 5.97 Å². The zero-order valence-electron chi connectivity index (χ0n) is 17.0. The first-order valence-electron chi connectivity index (χ1n) is 8.49. The number of carbonyl (C=O) groups is 1. The van der Waals surface area contributed by atoms with E-state index >= 15 is 0 Å². The summed E-state index contributed by atoms with van der Waals surface area (Å²) in [5.41, 5.74) is 11.0. The summed E-state index contributed by atoms with van der Waals surface area (Å²) in [6.45, 7) is 0. The molecule has 0 heterocycles.